The molecule has 0 spiro atoms. The number of thiocarbonyl (C=S) groups is 1. The zero-order valence-corrected chi connectivity index (χ0v) is 15.6. The van der Waals surface area contributed by atoms with Crippen molar-refractivity contribution in [3.05, 3.63) is 64.1 Å². The highest BCUT2D eigenvalue weighted by atomic mass is 79.9. The van der Waals surface area contributed by atoms with Gasteiger partial charge in [0.05, 0.1) is 11.3 Å². The lowest BCUT2D eigenvalue weighted by Crippen LogP contribution is -2.35. The van der Waals surface area contributed by atoms with E-state index in [4.69, 9.17) is 12.2 Å². The lowest BCUT2D eigenvalue weighted by Gasteiger charge is -2.16. The number of amides is 2. The summed E-state index contributed by atoms with van der Waals surface area (Å²) in [4.78, 5) is 25.8. The van der Waals surface area contributed by atoms with Gasteiger partial charge in [-0.2, -0.15) is 0 Å². The molecule has 0 aliphatic heterocycles. The Morgan fingerprint density at radius 2 is 1.79 bits per heavy atom. The molecule has 0 unspecified atom stereocenters. The Balaban J connectivity index is 2.10. The molecule has 0 saturated carbocycles. The summed E-state index contributed by atoms with van der Waals surface area (Å²) in [5.74, 6) is -0.482. The molecule has 0 bridgehead atoms. The largest absolute Gasteiger partial charge is 0.345 e. The van der Waals surface area contributed by atoms with Gasteiger partial charge in [-0.3, -0.25) is 14.9 Å². The first-order valence-electron chi connectivity index (χ1n) is 7.07. The van der Waals surface area contributed by atoms with Gasteiger partial charge in [-0.05, 0) is 42.5 Å². The van der Waals surface area contributed by atoms with Gasteiger partial charge in [-0.25, -0.2) is 0 Å². The number of para-hydroxylation sites is 1. The number of rotatable bonds is 3. The van der Waals surface area contributed by atoms with E-state index in [1.54, 1.807) is 56.6 Å². The van der Waals surface area contributed by atoms with Crippen LogP contribution in [0.2, 0.25) is 0 Å². The second-order valence-electron chi connectivity index (χ2n) is 5.16. The smallest absolute Gasteiger partial charge is 0.257 e. The van der Waals surface area contributed by atoms with Gasteiger partial charge >= 0.3 is 0 Å². The minimum absolute atomic E-state index is 0.124. The van der Waals surface area contributed by atoms with Crippen molar-refractivity contribution in [1.82, 2.24) is 10.2 Å². The Hall–Kier alpha value is -2.25. The number of anilines is 1. The number of carbonyl (C=O) groups is 2. The number of carbonyl (C=O) groups excluding carboxylic acids is 2. The van der Waals surface area contributed by atoms with E-state index in [1.165, 1.54) is 4.90 Å². The molecule has 2 aromatic carbocycles. The second-order valence-corrected chi connectivity index (χ2v) is 6.49. The van der Waals surface area contributed by atoms with Crippen molar-refractivity contribution < 1.29 is 9.59 Å². The molecule has 2 N–H and O–H groups in total. The van der Waals surface area contributed by atoms with E-state index in [-0.39, 0.29) is 16.9 Å². The average Bonchev–Trinajstić information content (AvgIpc) is 2.54. The van der Waals surface area contributed by atoms with Crippen LogP contribution in [0.1, 0.15) is 20.7 Å². The molecule has 7 heteroatoms. The molecular formula is C17H16BrN3O2S. The average molecular weight is 406 g/mol. The standard InChI is InChI=1S/C17H16BrN3O2S/c1-21(2)16(23)13-8-3-4-9-14(13)19-17(24)20-15(22)11-6-5-7-12(18)10-11/h3-10H,1-2H3,(H2,19,20,22,24). The first-order chi connectivity index (χ1) is 11.4. The maximum absolute atomic E-state index is 12.2. The van der Waals surface area contributed by atoms with E-state index in [9.17, 15) is 9.59 Å². The van der Waals surface area contributed by atoms with E-state index in [2.05, 4.69) is 26.6 Å². The molecule has 0 radical (unpaired) electrons. The first kappa shape index (κ1) is 18.1. The third-order valence-electron chi connectivity index (χ3n) is 3.13. The third kappa shape index (κ3) is 4.62. The van der Waals surface area contributed by atoms with Crippen molar-refractivity contribution in [2.45, 2.75) is 0 Å². The fourth-order valence-corrected chi connectivity index (χ4v) is 2.58. The van der Waals surface area contributed by atoms with Crippen LogP contribution in [0.4, 0.5) is 5.69 Å². The number of nitrogens with zero attached hydrogens (tertiary/aromatic N) is 1. The van der Waals surface area contributed by atoms with Crippen molar-refractivity contribution in [2.24, 2.45) is 0 Å². The molecule has 0 aliphatic carbocycles. The molecule has 0 aliphatic rings. The summed E-state index contributed by atoms with van der Waals surface area (Å²) < 4.78 is 0.802. The minimum Gasteiger partial charge on any atom is -0.345 e. The fraction of sp³-hybridized carbons (Fsp3) is 0.118. The summed E-state index contributed by atoms with van der Waals surface area (Å²) >= 11 is 8.50. The van der Waals surface area contributed by atoms with E-state index >= 15 is 0 Å². The van der Waals surface area contributed by atoms with Crippen LogP contribution in [0.25, 0.3) is 0 Å². The fourth-order valence-electron chi connectivity index (χ4n) is 1.98. The molecule has 0 fully saturated rings. The Kier molecular flexibility index (Phi) is 6.05. The Bertz CT molecular complexity index is 793. The zero-order chi connectivity index (χ0) is 17.7. The quantitative estimate of drug-likeness (QED) is 0.769. The van der Waals surface area contributed by atoms with Gasteiger partial charge in [-0.1, -0.05) is 34.1 Å². The third-order valence-corrected chi connectivity index (χ3v) is 3.82. The van der Waals surface area contributed by atoms with Gasteiger partial charge in [0.1, 0.15) is 0 Å². The summed E-state index contributed by atoms with van der Waals surface area (Å²) in [5, 5.41) is 5.63. The number of halogens is 1. The molecule has 0 aromatic heterocycles. The predicted molar refractivity (Wildman–Crippen MR) is 102 cm³/mol. The Morgan fingerprint density at radius 1 is 1.08 bits per heavy atom. The van der Waals surface area contributed by atoms with Crippen molar-refractivity contribution in [3.8, 4) is 0 Å². The van der Waals surface area contributed by atoms with Crippen LogP contribution in [0.15, 0.2) is 53.0 Å². The van der Waals surface area contributed by atoms with Crippen molar-refractivity contribution in [3.63, 3.8) is 0 Å². The van der Waals surface area contributed by atoms with Crippen LogP contribution in [0.3, 0.4) is 0 Å². The van der Waals surface area contributed by atoms with Crippen LogP contribution in [-0.4, -0.2) is 35.9 Å². The molecule has 5 nitrogen and oxygen atoms in total. The maximum atomic E-state index is 12.2. The van der Waals surface area contributed by atoms with Gasteiger partial charge in [0.2, 0.25) is 0 Å². The summed E-state index contributed by atoms with van der Waals surface area (Å²) in [7, 11) is 3.35. The van der Waals surface area contributed by atoms with Crippen molar-refractivity contribution in [1.29, 1.82) is 0 Å². The summed E-state index contributed by atoms with van der Waals surface area (Å²) in [6.07, 6.45) is 0. The lowest BCUT2D eigenvalue weighted by atomic mass is 10.1. The Morgan fingerprint density at radius 3 is 2.46 bits per heavy atom. The Labute approximate surface area is 154 Å². The van der Waals surface area contributed by atoms with Gasteiger partial charge in [0.25, 0.3) is 11.8 Å². The van der Waals surface area contributed by atoms with Crippen LogP contribution in [0.5, 0.6) is 0 Å². The highest BCUT2D eigenvalue weighted by molar-refractivity contribution is 9.10. The molecule has 24 heavy (non-hydrogen) atoms. The van der Waals surface area contributed by atoms with Gasteiger partial charge in [-0.15, -0.1) is 0 Å². The first-order valence-corrected chi connectivity index (χ1v) is 8.27. The molecule has 2 rings (SSSR count). The molecule has 0 saturated heterocycles. The van der Waals surface area contributed by atoms with Crippen LogP contribution >= 0.6 is 28.1 Å². The molecule has 124 valence electrons. The zero-order valence-electron chi connectivity index (χ0n) is 13.2. The molecule has 0 atom stereocenters. The normalized spacial score (nSPS) is 9.96. The summed E-state index contributed by atoms with van der Waals surface area (Å²) in [6.45, 7) is 0. The predicted octanol–water partition coefficient (Wildman–Crippen LogP) is 3.28. The number of nitrogens with one attached hydrogen (secondary N) is 2. The van der Waals surface area contributed by atoms with Crippen molar-refractivity contribution in [2.75, 3.05) is 19.4 Å². The van der Waals surface area contributed by atoms with E-state index < -0.39 is 0 Å². The lowest BCUT2D eigenvalue weighted by molar-refractivity contribution is 0.0828. The molecule has 2 amide bonds. The SMILES string of the molecule is CN(C)C(=O)c1ccccc1NC(=S)NC(=O)c1cccc(Br)c1. The van der Waals surface area contributed by atoms with Crippen LogP contribution < -0.4 is 10.6 Å². The highest BCUT2D eigenvalue weighted by Crippen LogP contribution is 2.16. The topological polar surface area (TPSA) is 61.4 Å². The monoisotopic (exact) mass is 405 g/mol. The van der Waals surface area contributed by atoms with E-state index in [0.29, 0.717) is 16.8 Å². The molecular weight excluding hydrogens is 390 g/mol. The van der Waals surface area contributed by atoms with Crippen molar-refractivity contribution >= 4 is 50.8 Å². The van der Waals surface area contributed by atoms with E-state index in [1.807, 2.05) is 6.07 Å². The maximum Gasteiger partial charge on any atom is 0.257 e. The number of hydrogen-bond donors (Lipinski definition) is 2. The molecule has 2 aromatic rings. The van der Waals surface area contributed by atoms with Gasteiger partial charge < -0.3 is 10.2 Å². The molecule has 0 heterocycles. The summed E-state index contributed by atoms with van der Waals surface area (Å²) in [6, 6.07) is 14.0. The highest BCUT2D eigenvalue weighted by Gasteiger charge is 2.14. The van der Waals surface area contributed by atoms with Crippen LogP contribution in [-0.2, 0) is 0 Å². The van der Waals surface area contributed by atoms with E-state index in [0.717, 1.165) is 4.47 Å². The number of hydrogen-bond acceptors (Lipinski definition) is 3. The van der Waals surface area contributed by atoms with Gasteiger partial charge in [0, 0.05) is 24.1 Å². The summed E-state index contributed by atoms with van der Waals surface area (Å²) in [5.41, 5.74) is 1.49. The second kappa shape index (κ2) is 8.03. The van der Waals surface area contributed by atoms with Crippen LogP contribution in [0, 0.1) is 0 Å². The van der Waals surface area contributed by atoms with Gasteiger partial charge in [0.15, 0.2) is 5.11 Å². The number of benzene rings is 2. The minimum atomic E-state index is -0.329.